The monoisotopic (exact) mass is 1430 g/mol. The van der Waals surface area contributed by atoms with Crippen molar-refractivity contribution in [1.29, 1.82) is 0 Å². The van der Waals surface area contributed by atoms with Gasteiger partial charge in [0.2, 0.25) is 23.6 Å². The third-order valence-corrected chi connectivity index (χ3v) is 18.4. The van der Waals surface area contributed by atoms with E-state index >= 15 is 0 Å². The molecular formula is C75H71Cl6N11O6. The van der Waals surface area contributed by atoms with Gasteiger partial charge in [0.1, 0.15) is 0 Å². The van der Waals surface area contributed by atoms with E-state index in [4.69, 9.17) is 86.8 Å². The minimum absolute atomic E-state index is 0.0391. The first-order valence-electron chi connectivity index (χ1n) is 31.5. The predicted octanol–water partition coefficient (Wildman–Crippen LogP) is 15.4. The van der Waals surface area contributed by atoms with Crippen LogP contribution in [-0.4, -0.2) is 68.5 Å². The zero-order valence-electron chi connectivity index (χ0n) is 53.3. The number of para-hydroxylation sites is 1. The molecule has 12 rings (SSSR count). The molecule has 0 bridgehead atoms. The fraction of sp³-hybridized carbons (Fsp3) is 0.200. The summed E-state index contributed by atoms with van der Waals surface area (Å²) >= 11 is 36.5. The Kier molecular flexibility index (Phi) is 24.6. The lowest BCUT2D eigenvalue weighted by Crippen LogP contribution is -2.42. The molecule has 0 saturated heterocycles. The summed E-state index contributed by atoms with van der Waals surface area (Å²) in [7, 11) is 0. The Labute approximate surface area is 598 Å². The molecule has 0 fully saturated rings. The van der Waals surface area contributed by atoms with Crippen LogP contribution in [0.4, 0.5) is 38.0 Å². The van der Waals surface area contributed by atoms with Crippen LogP contribution in [0.25, 0.3) is 0 Å². The van der Waals surface area contributed by atoms with E-state index in [0.29, 0.717) is 118 Å². The molecule has 0 aliphatic carbocycles. The number of halogens is 6. The van der Waals surface area contributed by atoms with Crippen LogP contribution < -0.4 is 43.8 Å². The maximum absolute atomic E-state index is 13.1. The molecule has 11 N–H and O–H groups in total. The summed E-state index contributed by atoms with van der Waals surface area (Å²) in [4.78, 5) is 80.4. The molecule has 504 valence electrons. The number of hydrogen-bond donors (Lipinski definition) is 8. The maximum Gasteiger partial charge on any atom is 0.323 e. The molecule has 0 spiro atoms. The van der Waals surface area contributed by atoms with Crippen LogP contribution in [-0.2, 0) is 84.1 Å². The fourth-order valence-corrected chi connectivity index (χ4v) is 13.0. The van der Waals surface area contributed by atoms with Crippen molar-refractivity contribution in [3.63, 3.8) is 0 Å². The molecule has 0 aromatic heterocycles. The quantitative estimate of drug-likeness (QED) is 0.0431. The number of hydrogen-bond acceptors (Lipinski definition) is 9. The van der Waals surface area contributed by atoms with E-state index in [-0.39, 0.29) is 35.7 Å². The van der Waals surface area contributed by atoms with Gasteiger partial charge >= 0.3 is 12.1 Å². The zero-order valence-corrected chi connectivity index (χ0v) is 57.8. The van der Waals surface area contributed by atoms with Crippen molar-refractivity contribution in [2.75, 3.05) is 26.6 Å². The van der Waals surface area contributed by atoms with Crippen LogP contribution >= 0.6 is 69.6 Å². The number of anilines is 5. The maximum atomic E-state index is 13.1. The summed E-state index contributed by atoms with van der Waals surface area (Å²) in [6.07, 6.45) is 2.20. The van der Waals surface area contributed by atoms with Crippen molar-refractivity contribution >= 4 is 134 Å². The van der Waals surface area contributed by atoms with Crippen LogP contribution in [0.3, 0.4) is 0 Å². The lowest BCUT2D eigenvalue weighted by Gasteiger charge is -2.20. The highest BCUT2D eigenvalue weighted by molar-refractivity contribution is 6.36. The second kappa shape index (κ2) is 33.5. The zero-order chi connectivity index (χ0) is 69.6. The Morgan fingerprint density at radius 3 is 1.06 bits per heavy atom. The van der Waals surface area contributed by atoms with Gasteiger partial charge < -0.3 is 58.5 Å². The van der Waals surface area contributed by atoms with Crippen LogP contribution in [0.5, 0.6) is 0 Å². The molecule has 9 aromatic carbocycles. The summed E-state index contributed by atoms with van der Waals surface area (Å²) < 4.78 is 0. The Bertz CT molecular complexity index is 4420. The number of amides is 8. The van der Waals surface area contributed by atoms with Crippen LogP contribution in [0.15, 0.2) is 194 Å². The van der Waals surface area contributed by atoms with Crippen LogP contribution in [0, 0.1) is 0 Å². The Morgan fingerprint density at radius 2 is 0.684 bits per heavy atom. The number of carbonyl (C=O) groups excluding carboxylic acids is 6. The predicted molar refractivity (Wildman–Crippen MR) is 393 cm³/mol. The molecule has 3 aliphatic heterocycles. The van der Waals surface area contributed by atoms with E-state index < -0.39 is 18.1 Å². The highest BCUT2D eigenvalue weighted by Gasteiger charge is 2.31. The van der Waals surface area contributed by atoms with Gasteiger partial charge in [-0.25, -0.2) is 9.59 Å². The van der Waals surface area contributed by atoms with Crippen molar-refractivity contribution in [2.24, 2.45) is 17.2 Å². The Balaban J connectivity index is 0.000000162. The van der Waals surface area contributed by atoms with Gasteiger partial charge in [-0.05, 0) is 184 Å². The second-order valence-corrected chi connectivity index (χ2v) is 26.5. The molecule has 0 radical (unpaired) electrons. The molecule has 3 heterocycles. The summed E-state index contributed by atoms with van der Waals surface area (Å²) in [5.41, 5.74) is 32.8. The third kappa shape index (κ3) is 19.7. The molecular weight excluding hydrogens is 1360 g/mol. The molecule has 0 saturated carbocycles. The van der Waals surface area contributed by atoms with Gasteiger partial charge in [-0.1, -0.05) is 174 Å². The van der Waals surface area contributed by atoms with Crippen LogP contribution in [0.1, 0.15) is 74.5 Å². The molecule has 17 nitrogen and oxygen atoms in total. The topological polar surface area (TPSA) is 250 Å². The number of urea groups is 2. The van der Waals surface area contributed by atoms with Gasteiger partial charge in [-0.2, -0.15) is 0 Å². The van der Waals surface area contributed by atoms with Crippen molar-refractivity contribution < 1.29 is 28.8 Å². The molecule has 3 aliphatic rings. The number of carbonyl (C=O) groups is 6. The van der Waals surface area contributed by atoms with E-state index in [2.05, 4.69) is 38.7 Å². The lowest BCUT2D eigenvalue weighted by molar-refractivity contribution is -0.133. The number of nitrogens with one attached hydrogen (secondary N) is 5. The first kappa shape index (κ1) is 71.8. The van der Waals surface area contributed by atoms with E-state index in [1.165, 1.54) is 5.56 Å². The number of nitrogens with two attached hydrogens (primary N) is 3. The molecule has 0 unspecified atom stereocenters. The fourth-order valence-electron chi connectivity index (χ4n) is 11.6. The molecule has 9 aromatic rings. The van der Waals surface area contributed by atoms with E-state index in [9.17, 15) is 28.8 Å². The number of fused-ring (bicyclic) bond motifs is 3. The lowest BCUT2D eigenvalue weighted by atomic mass is 10.0. The summed E-state index contributed by atoms with van der Waals surface area (Å²) in [6.45, 7) is 4.60. The average Bonchev–Trinajstić information content (AvgIpc) is 1.68. The third-order valence-electron chi connectivity index (χ3n) is 16.6. The smallest absolute Gasteiger partial charge is 0.323 e. The van der Waals surface area contributed by atoms with Gasteiger partial charge in [0.25, 0.3) is 0 Å². The molecule has 3 atom stereocenters. The largest absolute Gasteiger partial charge is 0.333 e. The highest BCUT2D eigenvalue weighted by Crippen LogP contribution is 2.32. The summed E-state index contributed by atoms with van der Waals surface area (Å²) in [5.74, 6) is -0.470. The average molecular weight is 1440 g/mol. The minimum Gasteiger partial charge on any atom is -0.333 e. The number of nitrogens with zero attached hydrogens (tertiary/aromatic N) is 3. The van der Waals surface area contributed by atoms with Gasteiger partial charge in [0.15, 0.2) is 0 Å². The number of rotatable bonds is 17. The molecule has 98 heavy (non-hydrogen) atoms. The first-order valence-corrected chi connectivity index (χ1v) is 33.8. The second-order valence-electron chi connectivity index (χ2n) is 24.0. The molecule has 23 heteroatoms. The van der Waals surface area contributed by atoms with Crippen molar-refractivity contribution in [1.82, 2.24) is 14.7 Å². The van der Waals surface area contributed by atoms with Gasteiger partial charge in [-0.15, -0.1) is 0 Å². The minimum atomic E-state index is -0.723. The summed E-state index contributed by atoms with van der Waals surface area (Å²) in [6, 6.07) is 56.9. The van der Waals surface area contributed by atoms with E-state index in [1.807, 2.05) is 127 Å². The first-order chi connectivity index (χ1) is 47.1. The van der Waals surface area contributed by atoms with Gasteiger partial charge in [0.05, 0.1) is 18.1 Å². The van der Waals surface area contributed by atoms with Gasteiger partial charge in [-0.3, -0.25) is 19.2 Å². The van der Waals surface area contributed by atoms with Crippen molar-refractivity contribution in [3.05, 3.63) is 285 Å². The molecule has 8 amide bonds. The standard InChI is InChI=1S/C31H28Cl2N4O2.C24H22Cl2N4O2.C20H21Cl2N3O2/c32-25-11-9-22(28(33)17-25)16-29(34)30(38)37-18-23-10-12-27(15-24(23)19-37)36-31(39)35-26-8-4-7-21(14-26)13-20-5-2-1-3-6-20;25-18-8-6-15(21(26)12-18)11-22(27)23(31)30-13-16-7-9-20(10-17(16)14-30)29-24(32)28-19-4-2-1-3-5-19;1-2-19(26)24-16-6-4-13-10-25(11-14(13)7-16)20(27)18(23)8-12-3-5-15(21)9-17(12)22/h1-12,14-15,17,29H,13,16,18-19,34H2,(H2,35,36,39);1-10,12,22H,11,13-14,27H2,(H2,28,29,32);3-7,9,18H,2,8,10-11,23H2,1H3,(H,24,26)/t29-;22-;18-/m111/s1. The highest BCUT2D eigenvalue weighted by atomic mass is 35.5. The Morgan fingerprint density at radius 1 is 0.357 bits per heavy atom. The summed E-state index contributed by atoms with van der Waals surface area (Å²) in [5, 5.41) is 17.4. The van der Waals surface area contributed by atoms with Crippen molar-refractivity contribution in [2.45, 2.75) is 96.4 Å². The van der Waals surface area contributed by atoms with E-state index in [1.54, 1.807) is 76.2 Å². The van der Waals surface area contributed by atoms with E-state index in [0.717, 1.165) is 67.7 Å². The van der Waals surface area contributed by atoms with Gasteiger partial charge in [0, 0.05) is 104 Å². The SMILES string of the molecule is CCC(=O)Nc1ccc2c(c1)CN(C(=O)[C@H](N)Cc1ccc(Cl)cc1Cl)C2.N[C@H](Cc1ccc(Cl)cc1Cl)C(=O)N1Cc2ccc(NC(=O)Nc3cccc(Cc4ccccc4)c3)cc2C1.N[C@H](Cc1ccc(Cl)cc1Cl)C(=O)N1Cc2ccc(NC(=O)Nc3ccccc3)cc2C1. The van der Waals surface area contributed by atoms with Crippen LogP contribution in [0.2, 0.25) is 30.1 Å². The number of benzene rings is 9. The Hall–Kier alpha value is -8.98. The van der Waals surface area contributed by atoms with Crippen molar-refractivity contribution in [3.8, 4) is 0 Å². The normalized spacial score (nSPS) is 13.4.